The Morgan fingerprint density at radius 2 is 1.76 bits per heavy atom. The number of carbonyl (C=O) groups is 1. The van der Waals surface area contributed by atoms with Crippen LogP contribution in [0.25, 0.3) is 0 Å². The molecule has 0 bridgehead atoms. The Balaban J connectivity index is 2.61. The third-order valence-electron chi connectivity index (χ3n) is 4.00. The molecule has 0 aromatic carbocycles. The highest BCUT2D eigenvalue weighted by atomic mass is 16.6. The maximum atomic E-state index is 12.1. The molecule has 1 saturated heterocycles. The van der Waals surface area contributed by atoms with Gasteiger partial charge in [0.25, 0.3) is 0 Å². The lowest BCUT2D eigenvalue weighted by atomic mass is 9.83. The number of hydrogen-bond donors (Lipinski definition) is 0. The monoisotopic (exact) mass is 242 g/mol. The van der Waals surface area contributed by atoms with Crippen molar-refractivity contribution in [1.82, 2.24) is 0 Å². The van der Waals surface area contributed by atoms with Gasteiger partial charge in [0.2, 0.25) is 0 Å². The maximum Gasteiger partial charge on any atom is 0.312 e. The van der Waals surface area contributed by atoms with Crippen molar-refractivity contribution in [2.75, 3.05) is 13.2 Å². The molecule has 0 amide bonds. The number of rotatable bonds is 4. The minimum atomic E-state index is -0.386. The summed E-state index contributed by atoms with van der Waals surface area (Å²) in [5.41, 5.74) is -0.768. The summed E-state index contributed by atoms with van der Waals surface area (Å²) < 4.78 is 11.1. The Labute approximate surface area is 105 Å². The van der Waals surface area contributed by atoms with Crippen molar-refractivity contribution in [3.8, 4) is 0 Å². The van der Waals surface area contributed by atoms with Crippen LogP contribution in [0.15, 0.2) is 0 Å². The summed E-state index contributed by atoms with van der Waals surface area (Å²) in [7, 11) is 0. The van der Waals surface area contributed by atoms with Crippen molar-refractivity contribution in [2.45, 2.75) is 59.5 Å². The molecule has 0 aromatic rings. The molecule has 1 rings (SSSR count). The van der Waals surface area contributed by atoms with Crippen LogP contribution in [0.2, 0.25) is 0 Å². The zero-order valence-corrected chi connectivity index (χ0v) is 11.8. The average Bonchev–Trinajstić information content (AvgIpc) is 2.29. The predicted molar refractivity (Wildman–Crippen MR) is 67.8 cm³/mol. The van der Waals surface area contributed by atoms with Crippen molar-refractivity contribution in [3.63, 3.8) is 0 Å². The number of hydrogen-bond acceptors (Lipinski definition) is 3. The molecule has 1 heterocycles. The van der Waals surface area contributed by atoms with E-state index < -0.39 is 0 Å². The van der Waals surface area contributed by atoms with Crippen LogP contribution < -0.4 is 0 Å². The second-order valence-electron chi connectivity index (χ2n) is 6.12. The van der Waals surface area contributed by atoms with Crippen molar-refractivity contribution >= 4 is 5.97 Å². The molecule has 0 radical (unpaired) electrons. The molecule has 1 aliphatic rings. The normalized spacial score (nSPS) is 19.1. The third-order valence-corrected chi connectivity index (χ3v) is 4.00. The first-order valence-electron chi connectivity index (χ1n) is 6.61. The van der Waals surface area contributed by atoms with Crippen LogP contribution in [-0.4, -0.2) is 24.8 Å². The second-order valence-corrected chi connectivity index (χ2v) is 6.12. The molecular weight excluding hydrogens is 216 g/mol. The summed E-state index contributed by atoms with van der Waals surface area (Å²) in [5.74, 6) is 0.323. The van der Waals surface area contributed by atoms with E-state index in [-0.39, 0.29) is 17.0 Å². The maximum absolute atomic E-state index is 12.1. The van der Waals surface area contributed by atoms with E-state index in [0.29, 0.717) is 5.92 Å². The van der Waals surface area contributed by atoms with Crippen LogP contribution in [0.1, 0.15) is 53.9 Å². The van der Waals surface area contributed by atoms with Gasteiger partial charge in [-0.1, -0.05) is 6.92 Å². The molecule has 3 nitrogen and oxygen atoms in total. The molecule has 100 valence electrons. The molecule has 0 N–H and O–H groups in total. The van der Waals surface area contributed by atoms with Crippen LogP contribution in [0.4, 0.5) is 0 Å². The summed E-state index contributed by atoms with van der Waals surface area (Å²) in [6, 6.07) is 0. The first-order valence-corrected chi connectivity index (χ1v) is 6.61. The van der Waals surface area contributed by atoms with E-state index in [1.807, 2.05) is 34.6 Å². The summed E-state index contributed by atoms with van der Waals surface area (Å²) in [6.07, 6.45) is 2.76. The lowest BCUT2D eigenvalue weighted by Gasteiger charge is -2.38. The van der Waals surface area contributed by atoms with E-state index in [1.54, 1.807) is 0 Å². The SMILES string of the molecule is CCC(C)(C)C(=O)OC(C)(C)C1CCOCC1. The van der Waals surface area contributed by atoms with Gasteiger partial charge in [-0.05, 0) is 47.0 Å². The van der Waals surface area contributed by atoms with Crippen LogP contribution in [0.5, 0.6) is 0 Å². The molecule has 1 aliphatic heterocycles. The Morgan fingerprint density at radius 3 is 2.24 bits per heavy atom. The largest absolute Gasteiger partial charge is 0.459 e. The second kappa shape index (κ2) is 5.38. The van der Waals surface area contributed by atoms with E-state index in [1.165, 1.54) is 0 Å². The summed E-state index contributed by atoms with van der Waals surface area (Å²) in [6.45, 7) is 11.5. The topological polar surface area (TPSA) is 35.5 Å². The Bertz CT molecular complexity index is 263. The van der Waals surface area contributed by atoms with Crippen LogP contribution in [0, 0.1) is 11.3 Å². The van der Waals surface area contributed by atoms with Crippen LogP contribution >= 0.6 is 0 Å². The van der Waals surface area contributed by atoms with Gasteiger partial charge >= 0.3 is 5.97 Å². The summed E-state index contributed by atoms with van der Waals surface area (Å²) in [4.78, 5) is 12.1. The average molecular weight is 242 g/mol. The van der Waals surface area contributed by atoms with E-state index >= 15 is 0 Å². The highest BCUT2D eigenvalue weighted by Gasteiger charge is 2.38. The van der Waals surface area contributed by atoms with Gasteiger partial charge in [0.1, 0.15) is 5.60 Å². The standard InChI is InChI=1S/C14H26O3/c1-6-13(2,3)12(15)17-14(4,5)11-7-9-16-10-8-11/h11H,6-10H2,1-5H3. The highest BCUT2D eigenvalue weighted by molar-refractivity contribution is 5.76. The Hall–Kier alpha value is -0.570. The molecule has 0 aromatic heterocycles. The fraction of sp³-hybridized carbons (Fsp3) is 0.929. The molecular formula is C14H26O3. The predicted octanol–water partition coefficient (Wildman–Crippen LogP) is 3.17. The minimum absolute atomic E-state index is 0.0866. The van der Waals surface area contributed by atoms with E-state index in [4.69, 9.17) is 9.47 Å². The van der Waals surface area contributed by atoms with E-state index in [0.717, 1.165) is 32.5 Å². The van der Waals surface area contributed by atoms with Crippen molar-refractivity contribution in [1.29, 1.82) is 0 Å². The van der Waals surface area contributed by atoms with Gasteiger partial charge < -0.3 is 9.47 Å². The van der Waals surface area contributed by atoms with Gasteiger partial charge in [0, 0.05) is 19.1 Å². The first kappa shape index (κ1) is 14.5. The molecule has 0 saturated carbocycles. The van der Waals surface area contributed by atoms with Crippen LogP contribution in [-0.2, 0) is 14.3 Å². The lowest BCUT2D eigenvalue weighted by molar-refractivity contribution is -0.176. The molecule has 17 heavy (non-hydrogen) atoms. The number of esters is 1. The van der Waals surface area contributed by atoms with Gasteiger partial charge in [0.05, 0.1) is 5.41 Å². The van der Waals surface area contributed by atoms with Gasteiger partial charge in [-0.15, -0.1) is 0 Å². The lowest BCUT2D eigenvalue weighted by Crippen LogP contribution is -2.42. The Kier molecular flexibility index (Phi) is 4.59. The van der Waals surface area contributed by atoms with Crippen LogP contribution in [0.3, 0.4) is 0 Å². The minimum Gasteiger partial charge on any atom is -0.459 e. The quantitative estimate of drug-likeness (QED) is 0.710. The highest BCUT2D eigenvalue weighted by Crippen LogP contribution is 2.33. The summed E-state index contributed by atoms with van der Waals surface area (Å²) in [5, 5.41) is 0. The molecule has 0 unspecified atom stereocenters. The molecule has 0 atom stereocenters. The van der Waals surface area contributed by atoms with Crippen molar-refractivity contribution in [3.05, 3.63) is 0 Å². The van der Waals surface area contributed by atoms with E-state index in [9.17, 15) is 4.79 Å². The molecule has 0 spiro atoms. The molecule has 3 heteroatoms. The fourth-order valence-electron chi connectivity index (χ4n) is 2.00. The molecule has 0 aliphatic carbocycles. The fourth-order valence-corrected chi connectivity index (χ4v) is 2.00. The molecule has 1 fully saturated rings. The van der Waals surface area contributed by atoms with E-state index in [2.05, 4.69) is 0 Å². The van der Waals surface area contributed by atoms with Gasteiger partial charge in [-0.3, -0.25) is 4.79 Å². The zero-order valence-electron chi connectivity index (χ0n) is 11.8. The number of carbonyl (C=O) groups excluding carboxylic acids is 1. The number of ether oxygens (including phenoxy) is 2. The smallest absolute Gasteiger partial charge is 0.312 e. The zero-order chi connectivity index (χ0) is 13.1. The van der Waals surface area contributed by atoms with Gasteiger partial charge in [-0.2, -0.15) is 0 Å². The first-order chi connectivity index (χ1) is 7.79. The summed E-state index contributed by atoms with van der Waals surface area (Å²) >= 11 is 0. The third kappa shape index (κ3) is 3.70. The van der Waals surface area contributed by atoms with Crippen molar-refractivity contribution in [2.24, 2.45) is 11.3 Å². The van der Waals surface area contributed by atoms with Crippen molar-refractivity contribution < 1.29 is 14.3 Å². The van der Waals surface area contributed by atoms with Gasteiger partial charge in [-0.25, -0.2) is 0 Å². The Morgan fingerprint density at radius 1 is 1.24 bits per heavy atom. The van der Waals surface area contributed by atoms with Gasteiger partial charge in [0.15, 0.2) is 0 Å².